The molecule has 0 atom stereocenters. The van der Waals surface area contributed by atoms with Gasteiger partial charge in [-0.3, -0.25) is 4.79 Å². The Morgan fingerprint density at radius 1 is 1.41 bits per heavy atom. The van der Waals surface area contributed by atoms with Crippen LogP contribution in [0.2, 0.25) is 0 Å². The minimum atomic E-state index is -0.0771. The van der Waals surface area contributed by atoms with E-state index in [1.54, 1.807) is 17.4 Å². The van der Waals surface area contributed by atoms with E-state index in [0.29, 0.717) is 12.2 Å². The lowest BCUT2D eigenvalue weighted by Gasteiger charge is -2.01. The topological polar surface area (TPSA) is 58.6 Å². The van der Waals surface area contributed by atoms with E-state index >= 15 is 0 Å². The molecule has 17 heavy (non-hydrogen) atoms. The molecule has 0 aliphatic rings. The van der Waals surface area contributed by atoms with E-state index in [0.717, 1.165) is 29.2 Å². The van der Waals surface area contributed by atoms with E-state index < -0.39 is 0 Å². The molecule has 0 aliphatic heterocycles. The van der Waals surface area contributed by atoms with Gasteiger partial charge in [-0.15, -0.1) is 11.3 Å². The molecule has 0 fully saturated rings. The van der Waals surface area contributed by atoms with Gasteiger partial charge in [0.25, 0.3) is 5.56 Å². The Kier molecular flexibility index (Phi) is 3.68. The van der Waals surface area contributed by atoms with Gasteiger partial charge in [-0.2, -0.15) is 0 Å². The third-order valence-corrected chi connectivity index (χ3v) is 3.30. The van der Waals surface area contributed by atoms with Crippen molar-refractivity contribution in [3.63, 3.8) is 0 Å². The molecule has 0 aromatic carbocycles. The Bertz CT molecular complexity index is 559. The second-order valence-corrected chi connectivity index (χ2v) is 4.94. The van der Waals surface area contributed by atoms with E-state index in [9.17, 15) is 4.79 Å². The van der Waals surface area contributed by atoms with Crippen molar-refractivity contribution in [1.82, 2.24) is 15.0 Å². The largest absolute Gasteiger partial charge is 0.310 e. The van der Waals surface area contributed by atoms with Gasteiger partial charge in [0.15, 0.2) is 0 Å². The molecule has 90 valence electrons. The number of nitrogens with one attached hydrogen (secondary N) is 1. The van der Waals surface area contributed by atoms with Crippen LogP contribution in [0.5, 0.6) is 0 Å². The number of H-pyrrole nitrogens is 1. The van der Waals surface area contributed by atoms with Crippen LogP contribution in [0.25, 0.3) is 0 Å². The van der Waals surface area contributed by atoms with Crippen LogP contribution in [0.1, 0.15) is 35.6 Å². The van der Waals surface area contributed by atoms with Gasteiger partial charge >= 0.3 is 0 Å². The predicted octanol–water partition coefficient (Wildman–Crippen LogP) is 2.08. The quantitative estimate of drug-likeness (QED) is 0.902. The maximum Gasteiger partial charge on any atom is 0.251 e. The summed E-state index contributed by atoms with van der Waals surface area (Å²) in [6.45, 7) is 4.04. The van der Waals surface area contributed by atoms with Crippen LogP contribution in [0.3, 0.4) is 0 Å². The molecule has 0 unspecified atom stereocenters. The Hall–Kier alpha value is -1.49. The van der Waals surface area contributed by atoms with Crippen molar-refractivity contribution < 1.29 is 0 Å². The summed E-state index contributed by atoms with van der Waals surface area (Å²) < 4.78 is 0. The smallest absolute Gasteiger partial charge is 0.251 e. The third-order valence-electron chi connectivity index (χ3n) is 2.34. The molecule has 0 bridgehead atoms. The number of aromatic amines is 1. The summed E-state index contributed by atoms with van der Waals surface area (Å²) in [5.74, 6) is 0.704. The third kappa shape index (κ3) is 3.23. The summed E-state index contributed by atoms with van der Waals surface area (Å²) in [7, 11) is 0. The minimum Gasteiger partial charge on any atom is -0.310 e. The Morgan fingerprint density at radius 2 is 2.24 bits per heavy atom. The van der Waals surface area contributed by atoms with Crippen molar-refractivity contribution >= 4 is 11.3 Å². The van der Waals surface area contributed by atoms with Crippen LogP contribution in [-0.2, 0) is 12.8 Å². The fourth-order valence-corrected chi connectivity index (χ4v) is 2.43. The van der Waals surface area contributed by atoms with Gasteiger partial charge in [0.2, 0.25) is 0 Å². The number of aryl methyl sites for hydroxylation is 2. The molecule has 0 radical (unpaired) electrons. The average Bonchev–Trinajstić information content (AvgIpc) is 2.63. The number of nitrogens with zero attached hydrogens (tertiary/aromatic N) is 2. The Morgan fingerprint density at radius 3 is 2.88 bits per heavy atom. The van der Waals surface area contributed by atoms with Crippen molar-refractivity contribution in [2.24, 2.45) is 0 Å². The van der Waals surface area contributed by atoms with Gasteiger partial charge in [-0.05, 0) is 13.3 Å². The van der Waals surface area contributed by atoms with Gasteiger partial charge in [-0.25, -0.2) is 9.97 Å². The van der Waals surface area contributed by atoms with Crippen molar-refractivity contribution in [3.8, 4) is 0 Å². The second-order valence-electron chi connectivity index (χ2n) is 3.99. The molecule has 2 aromatic heterocycles. The summed E-state index contributed by atoms with van der Waals surface area (Å²) in [5, 5.41) is 2.99. The first-order valence-corrected chi connectivity index (χ1v) is 6.55. The molecular weight excluding hydrogens is 234 g/mol. The molecule has 5 heteroatoms. The molecule has 0 amide bonds. The fourth-order valence-electron chi connectivity index (χ4n) is 1.66. The Balaban J connectivity index is 2.23. The number of hydrogen-bond donors (Lipinski definition) is 1. The second kappa shape index (κ2) is 5.23. The highest BCUT2D eigenvalue weighted by atomic mass is 32.1. The van der Waals surface area contributed by atoms with Gasteiger partial charge in [0.05, 0.1) is 6.42 Å². The first-order chi connectivity index (χ1) is 8.17. The SMILES string of the molecule is CCCc1cc(=O)[nH]c(Cc2nc(C)cs2)n1. The van der Waals surface area contributed by atoms with Gasteiger partial charge in [-0.1, -0.05) is 13.3 Å². The zero-order valence-electron chi connectivity index (χ0n) is 9.99. The lowest BCUT2D eigenvalue weighted by Crippen LogP contribution is -2.13. The maximum atomic E-state index is 11.5. The standard InChI is InChI=1S/C12H15N3OS/c1-3-4-9-5-11(16)15-10(14-9)6-12-13-8(2)7-17-12/h5,7H,3-4,6H2,1-2H3,(H,14,15,16). The van der Waals surface area contributed by atoms with Crippen molar-refractivity contribution in [2.75, 3.05) is 0 Å². The summed E-state index contributed by atoms with van der Waals surface area (Å²) >= 11 is 1.60. The fraction of sp³-hybridized carbons (Fsp3) is 0.417. The van der Waals surface area contributed by atoms with Crippen LogP contribution in [0, 0.1) is 6.92 Å². The normalized spacial score (nSPS) is 10.7. The van der Waals surface area contributed by atoms with E-state index in [2.05, 4.69) is 21.9 Å². The summed E-state index contributed by atoms with van der Waals surface area (Å²) in [5.41, 5.74) is 1.79. The average molecular weight is 249 g/mol. The molecule has 2 heterocycles. The molecule has 2 aromatic rings. The summed E-state index contributed by atoms with van der Waals surface area (Å²) in [6, 6.07) is 1.57. The maximum absolute atomic E-state index is 11.5. The summed E-state index contributed by atoms with van der Waals surface area (Å²) in [6.07, 6.45) is 2.44. The van der Waals surface area contributed by atoms with Gasteiger partial charge in [0.1, 0.15) is 10.8 Å². The van der Waals surface area contributed by atoms with Crippen LogP contribution in [-0.4, -0.2) is 15.0 Å². The first-order valence-electron chi connectivity index (χ1n) is 5.67. The molecule has 0 saturated carbocycles. The van der Waals surface area contributed by atoms with Crippen LogP contribution in [0.15, 0.2) is 16.2 Å². The van der Waals surface area contributed by atoms with E-state index in [4.69, 9.17) is 0 Å². The van der Waals surface area contributed by atoms with Crippen LogP contribution in [0.4, 0.5) is 0 Å². The zero-order chi connectivity index (χ0) is 12.3. The van der Waals surface area contributed by atoms with Crippen LogP contribution < -0.4 is 5.56 Å². The number of thiazole rings is 1. The lowest BCUT2D eigenvalue weighted by molar-refractivity contribution is 0.829. The highest BCUT2D eigenvalue weighted by Crippen LogP contribution is 2.11. The number of rotatable bonds is 4. The summed E-state index contributed by atoms with van der Waals surface area (Å²) in [4.78, 5) is 23.0. The van der Waals surface area contributed by atoms with Crippen LogP contribution >= 0.6 is 11.3 Å². The monoisotopic (exact) mass is 249 g/mol. The highest BCUT2D eigenvalue weighted by Gasteiger charge is 2.05. The molecule has 0 aliphatic carbocycles. The van der Waals surface area contributed by atoms with Gasteiger partial charge in [0, 0.05) is 22.8 Å². The number of hydrogen-bond acceptors (Lipinski definition) is 4. The molecule has 1 N–H and O–H groups in total. The van der Waals surface area contributed by atoms with Crippen molar-refractivity contribution in [2.45, 2.75) is 33.1 Å². The number of aromatic nitrogens is 3. The Labute approximate surface area is 104 Å². The zero-order valence-corrected chi connectivity index (χ0v) is 10.8. The van der Waals surface area contributed by atoms with E-state index in [1.165, 1.54) is 0 Å². The lowest BCUT2D eigenvalue weighted by atomic mass is 10.2. The van der Waals surface area contributed by atoms with E-state index in [1.807, 2.05) is 12.3 Å². The predicted molar refractivity (Wildman–Crippen MR) is 68.5 cm³/mol. The van der Waals surface area contributed by atoms with E-state index in [-0.39, 0.29) is 5.56 Å². The molecule has 2 rings (SSSR count). The van der Waals surface area contributed by atoms with Gasteiger partial charge < -0.3 is 4.98 Å². The minimum absolute atomic E-state index is 0.0771. The molecule has 0 saturated heterocycles. The van der Waals surface area contributed by atoms with Crippen molar-refractivity contribution in [1.29, 1.82) is 0 Å². The molecular formula is C12H15N3OS. The highest BCUT2D eigenvalue weighted by molar-refractivity contribution is 7.09. The molecule has 0 spiro atoms. The van der Waals surface area contributed by atoms with Crippen molar-refractivity contribution in [3.05, 3.63) is 44.0 Å². The first kappa shape index (κ1) is 12.0. The molecule has 4 nitrogen and oxygen atoms in total.